The Hall–Kier alpha value is -2.16. The van der Waals surface area contributed by atoms with E-state index in [9.17, 15) is 0 Å². The Labute approximate surface area is 106 Å². The Balaban J connectivity index is 1.80. The summed E-state index contributed by atoms with van der Waals surface area (Å²) in [6.45, 7) is 5.04. The third-order valence-electron chi connectivity index (χ3n) is 3.33. The molecule has 3 aromatic rings. The van der Waals surface area contributed by atoms with Crippen LogP contribution >= 0.6 is 0 Å². The molecule has 0 bridgehead atoms. The number of H-pyrrole nitrogens is 1. The molecule has 0 radical (unpaired) electrons. The van der Waals surface area contributed by atoms with Crippen molar-refractivity contribution < 1.29 is 0 Å². The van der Waals surface area contributed by atoms with Crippen LogP contribution in [0, 0.1) is 13.8 Å². The van der Waals surface area contributed by atoms with Gasteiger partial charge in [-0.25, -0.2) is 0 Å². The van der Waals surface area contributed by atoms with Gasteiger partial charge >= 0.3 is 0 Å². The minimum atomic E-state index is 0.825. The average molecular weight is 239 g/mol. The third kappa shape index (κ3) is 1.88. The fraction of sp³-hybridized carbons (Fsp3) is 0.200. The summed E-state index contributed by atoms with van der Waals surface area (Å²) < 4.78 is 2.12. The van der Waals surface area contributed by atoms with E-state index in [0.29, 0.717) is 0 Å². The highest BCUT2D eigenvalue weighted by Crippen LogP contribution is 2.14. The van der Waals surface area contributed by atoms with E-state index in [1.807, 2.05) is 6.20 Å². The second-order valence-corrected chi connectivity index (χ2v) is 4.69. The lowest BCUT2D eigenvalue weighted by atomic mass is 10.2. The topological polar surface area (TPSA) is 32.8 Å². The van der Waals surface area contributed by atoms with Crippen LogP contribution in [0.5, 0.6) is 0 Å². The van der Waals surface area contributed by atoms with Gasteiger partial charge in [-0.05, 0) is 49.1 Å². The van der Waals surface area contributed by atoms with Crippen LogP contribution in [-0.4, -0.2) is 9.66 Å². The van der Waals surface area contributed by atoms with Crippen molar-refractivity contribution >= 4 is 10.9 Å². The quantitative estimate of drug-likeness (QED) is 0.722. The van der Waals surface area contributed by atoms with Gasteiger partial charge in [-0.1, -0.05) is 12.1 Å². The summed E-state index contributed by atoms with van der Waals surface area (Å²) in [5, 5.41) is 1.26. The van der Waals surface area contributed by atoms with E-state index in [1.165, 1.54) is 27.9 Å². The summed E-state index contributed by atoms with van der Waals surface area (Å²) in [6.07, 6.45) is 1.97. The molecular formula is C15H17N3. The maximum absolute atomic E-state index is 3.44. The van der Waals surface area contributed by atoms with Crippen molar-refractivity contribution in [1.29, 1.82) is 0 Å². The average Bonchev–Trinajstić information content (AvgIpc) is 2.94. The zero-order valence-electron chi connectivity index (χ0n) is 10.7. The molecular weight excluding hydrogens is 222 g/mol. The summed E-state index contributed by atoms with van der Waals surface area (Å²) in [5.41, 5.74) is 8.36. The molecule has 18 heavy (non-hydrogen) atoms. The van der Waals surface area contributed by atoms with Crippen molar-refractivity contribution in [3.63, 3.8) is 0 Å². The van der Waals surface area contributed by atoms with Gasteiger partial charge in [0.1, 0.15) is 0 Å². The van der Waals surface area contributed by atoms with E-state index in [2.05, 4.69) is 65.3 Å². The first-order valence-corrected chi connectivity index (χ1v) is 6.19. The summed E-state index contributed by atoms with van der Waals surface area (Å²) in [7, 11) is 0. The van der Waals surface area contributed by atoms with Crippen LogP contribution in [0.2, 0.25) is 0 Å². The van der Waals surface area contributed by atoms with E-state index < -0.39 is 0 Å². The predicted octanol–water partition coefficient (Wildman–Crippen LogP) is 3.33. The zero-order chi connectivity index (χ0) is 12.5. The molecule has 0 fully saturated rings. The van der Waals surface area contributed by atoms with Crippen LogP contribution in [0.15, 0.2) is 42.6 Å². The SMILES string of the molecule is Cc1ccc(C)n1NCc1ccc2cc[nH]c2c1. The smallest absolute Gasteiger partial charge is 0.0565 e. The molecule has 3 heteroatoms. The second-order valence-electron chi connectivity index (χ2n) is 4.69. The Morgan fingerprint density at radius 1 is 1.06 bits per heavy atom. The van der Waals surface area contributed by atoms with Crippen LogP contribution in [0.4, 0.5) is 0 Å². The Morgan fingerprint density at radius 2 is 1.83 bits per heavy atom. The number of benzene rings is 1. The van der Waals surface area contributed by atoms with Crippen molar-refractivity contribution in [2.45, 2.75) is 20.4 Å². The zero-order valence-corrected chi connectivity index (χ0v) is 10.7. The molecule has 3 nitrogen and oxygen atoms in total. The highest BCUT2D eigenvalue weighted by atomic mass is 15.4. The van der Waals surface area contributed by atoms with Crippen LogP contribution < -0.4 is 5.43 Å². The van der Waals surface area contributed by atoms with E-state index in [1.54, 1.807) is 0 Å². The largest absolute Gasteiger partial charge is 0.361 e. The van der Waals surface area contributed by atoms with Gasteiger partial charge in [0.05, 0.1) is 6.54 Å². The molecule has 0 aliphatic heterocycles. The van der Waals surface area contributed by atoms with Gasteiger partial charge in [0.25, 0.3) is 0 Å². The first-order chi connectivity index (χ1) is 8.74. The molecule has 0 spiro atoms. The fourth-order valence-electron chi connectivity index (χ4n) is 2.29. The molecule has 0 aliphatic rings. The molecule has 0 aliphatic carbocycles. The van der Waals surface area contributed by atoms with Gasteiger partial charge < -0.3 is 10.4 Å². The van der Waals surface area contributed by atoms with Crippen molar-refractivity contribution in [2.24, 2.45) is 0 Å². The summed E-state index contributed by atoms with van der Waals surface area (Å²) >= 11 is 0. The van der Waals surface area contributed by atoms with Crippen molar-refractivity contribution in [2.75, 3.05) is 5.43 Å². The lowest BCUT2D eigenvalue weighted by Crippen LogP contribution is -2.16. The molecule has 0 saturated heterocycles. The van der Waals surface area contributed by atoms with E-state index in [0.717, 1.165) is 6.54 Å². The number of hydrogen-bond donors (Lipinski definition) is 2. The highest BCUT2D eigenvalue weighted by Gasteiger charge is 2.01. The number of nitrogens with one attached hydrogen (secondary N) is 2. The molecule has 1 aromatic carbocycles. The summed E-state index contributed by atoms with van der Waals surface area (Å²) in [6, 6.07) is 12.8. The lowest BCUT2D eigenvalue weighted by molar-refractivity contribution is 0.792. The van der Waals surface area contributed by atoms with Gasteiger partial charge in [0.15, 0.2) is 0 Å². The summed E-state index contributed by atoms with van der Waals surface area (Å²) in [4.78, 5) is 3.24. The van der Waals surface area contributed by atoms with E-state index in [-0.39, 0.29) is 0 Å². The maximum atomic E-state index is 3.44. The number of aromatic amines is 1. The van der Waals surface area contributed by atoms with Crippen molar-refractivity contribution in [3.05, 3.63) is 59.5 Å². The molecule has 0 atom stereocenters. The van der Waals surface area contributed by atoms with Crippen LogP contribution in [-0.2, 0) is 6.54 Å². The van der Waals surface area contributed by atoms with Crippen LogP contribution in [0.25, 0.3) is 10.9 Å². The van der Waals surface area contributed by atoms with Gasteiger partial charge in [0, 0.05) is 23.1 Å². The highest BCUT2D eigenvalue weighted by molar-refractivity contribution is 5.79. The van der Waals surface area contributed by atoms with Gasteiger partial charge in [-0.15, -0.1) is 0 Å². The molecule has 3 rings (SSSR count). The normalized spacial score (nSPS) is 11.0. The molecule has 2 heterocycles. The number of nitrogens with zero attached hydrogens (tertiary/aromatic N) is 1. The lowest BCUT2D eigenvalue weighted by Gasteiger charge is -2.12. The molecule has 0 saturated carbocycles. The minimum absolute atomic E-state index is 0.825. The van der Waals surface area contributed by atoms with Crippen LogP contribution in [0.1, 0.15) is 17.0 Å². The van der Waals surface area contributed by atoms with Gasteiger partial charge in [-0.3, -0.25) is 4.68 Å². The number of fused-ring (bicyclic) bond motifs is 1. The maximum Gasteiger partial charge on any atom is 0.0565 e. The van der Waals surface area contributed by atoms with E-state index >= 15 is 0 Å². The first-order valence-electron chi connectivity index (χ1n) is 6.19. The van der Waals surface area contributed by atoms with Gasteiger partial charge in [0.2, 0.25) is 0 Å². The number of hydrogen-bond acceptors (Lipinski definition) is 1. The molecule has 92 valence electrons. The first kappa shape index (κ1) is 11.0. The van der Waals surface area contributed by atoms with Crippen molar-refractivity contribution in [3.8, 4) is 0 Å². The molecule has 2 N–H and O–H groups in total. The Morgan fingerprint density at radius 3 is 2.61 bits per heavy atom. The third-order valence-corrected chi connectivity index (χ3v) is 3.33. The predicted molar refractivity (Wildman–Crippen MR) is 75.3 cm³/mol. The summed E-state index contributed by atoms with van der Waals surface area (Å²) in [5.74, 6) is 0. The van der Waals surface area contributed by atoms with Gasteiger partial charge in [-0.2, -0.15) is 0 Å². The number of aryl methyl sites for hydroxylation is 2. The fourth-order valence-corrected chi connectivity index (χ4v) is 2.29. The van der Waals surface area contributed by atoms with Crippen molar-refractivity contribution in [1.82, 2.24) is 9.66 Å². The molecule has 0 unspecified atom stereocenters. The minimum Gasteiger partial charge on any atom is -0.361 e. The second kappa shape index (κ2) is 4.26. The Kier molecular flexibility index (Phi) is 2.59. The molecule has 2 aromatic heterocycles. The standard InChI is InChI=1S/C15H17N3/c1-11-3-4-12(2)18(11)17-10-13-5-6-14-7-8-16-15(14)9-13/h3-9,16-17H,10H2,1-2H3. The van der Waals surface area contributed by atoms with E-state index in [4.69, 9.17) is 0 Å². The van der Waals surface area contributed by atoms with Crippen LogP contribution in [0.3, 0.4) is 0 Å². The monoisotopic (exact) mass is 239 g/mol. The number of aromatic nitrogens is 2. The Bertz CT molecular complexity index is 656. The number of rotatable bonds is 3. The molecule has 0 amide bonds.